The molecule has 0 bridgehead atoms. The molecular formula is C15H21ClN2O3. The Labute approximate surface area is 129 Å². The number of rotatable bonds is 7. The summed E-state index contributed by atoms with van der Waals surface area (Å²) in [6, 6.07) is 3.95. The van der Waals surface area contributed by atoms with Crippen molar-refractivity contribution in [3.05, 3.63) is 38.9 Å². The molecule has 0 aromatic heterocycles. The van der Waals surface area contributed by atoms with Crippen LogP contribution in [0, 0.1) is 16.0 Å². The van der Waals surface area contributed by atoms with E-state index in [2.05, 4.69) is 19.2 Å². The molecule has 1 aromatic rings. The van der Waals surface area contributed by atoms with Crippen molar-refractivity contribution in [1.29, 1.82) is 0 Å². The molecular weight excluding hydrogens is 292 g/mol. The van der Waals surface area contributed by atoms with Crippen LogP contribution in [0.15, 0.2) is 18.2 Å². The lowest BCUT2D eigenvalue weighted by Gasteiger charge is -2.14. The average molecular weight is 313 g/mol. The van der Waals surface area contributed by atoms with Gasteiger partial charge in [-0.25, -0.2) is 0 Å². The van der Waals surface area contributed by atoms with Crippen molar-refractivity contribution >= 4 is 23.2 Å². The summed E-state index contributed by atoms with van der Waals surface area (Å²) in [4.78, 5) is 22.5. The Morgan fingerprint density at radius 3 is 2.57 bits per heavy atom. The van der Waals surface area contributed by atoms with Gasteiger partial charge in [-0.1, -0.05) is 38.3 Å². The van der Waals surface area contributed by atoms with E-state index < -0.39 is 10.8 Å². The highest BCUT2D eigenvalue weighted by Gasteiger charge is 2.21. The van der Waals surface area contributed by atoms with Crippen LogP contribution in [-0.4, -0.2) is 16.9 Å². The fraction of sp³-hybridized carbons (Fsp3) is 0.533. The number of benzene rings is 1. The number of nitro benzene ring substituents is 1. The van der Waals surface area contributed by atoms with Gasteiger partial charge < -0.3 is 5.32 Å². The molecule has 0 aliphatic heterocycles. The molecule has 0 radical (unpaired) electrons. The number of amides is 1. The van der Waals surface area contributed by atoms with Crippen molar-refractivity contribution in [3.8, 4) is 0 Å². The van der Waals surface area contributed by atoms with E-state index in [4.69, 9.17) is 11.6 Å². The standard InChI is InChI=1S/C15H21ClN2O3/c1-10(2)5-4-6-11(3)17-15(19)13-9-12(16)7-8-14(13)18(20)21/h7-11H,4-6H2,1-3H3,(H,17,19). The van der Waals surface area contributed by atoms with E-state index >= 15 is 0 Å². The lowest BCUT2D eigenvalue weighted by molar-refractivity contribution is -0.385. The highest BCUT2D eigenvalue weighted by atomic mass is 35.5. The highest BCUT2D eigenvalue weighted by Crippen LogP contribution is 2.22. The predicted octanol–water partition coefficient (Wildman–Crippen LogP) is 4.19. The van der Waals surface area contributed by atoms with Gasteiger partial charge in [0.25, 0.3) is 11.6 Å². The van der Waals surface area contributed by atoms with Crippen molar-refractivity contribution in [2.45, 2.75) is 46.1 Å². The van der Waals surface area contributed by atoms with E-state index in [-0.39, 0.29) is 17.3 Å². The fourth-order valence-electron chi connectivity index (χ4n) is 2.06. The number of carbonyl (C=O) groups is 1. The minimum Gasteiger partial charge on any atom is -0.349 e. The summed E-state index contributed by atoms with van der Waals surface area (Å²) in [6.45, 7) is 6.20. The number of halogens is 1. The summed E-state index contributed by atoms with van der Waals surface area (Å²) in [5, 5.41) is 14.0. The van der Waals surface area contributed by atoms with Crippen molar-refractivity contribution in [2.24, 2.45) is 5.92 Å². The highest BCUT2D eigenvalue weighted by molar-refractivity contribution is 6.31. The van der Waals surface area contributed by atoms with Crippen LogP contribution in [0.4, 0.5) is 5.69 Å². The second-order valence-electron chi connectivity index (χ2n) is 5.62. The van der Waals surface area contributed by atoms with Gasteiger partial charge in [-0.05, 0) is 31.4 Å². The van der Waals surface area contributed by atoms with Crippen LogP contribution in [0.5, 0.6) is 0 Å². The first-order valence-electron chi connectivity index (χ1n) is 7.06. The van der Waals surface area contributed by atoms with Crippen LogP contribution >= 0.6 is 11.6 Å². The van der Waals surface area contributed by atoms with Gasteiger partial charge in [-0.2, -0.15) is 0 Å². The molecule has 1 amide bonds. The molecule has 6 heteroatoms. The summed E-state index contributed by atoms with van der Waals surface area (Å²) in [5.41, 5.74) is -0.227. The first kappa shape index (κ1) is 17.4. The maximum absolute atomic E-state index is 12.2. The van der Waals surface area contributed by atoms with Crippen molar-refractivity contribution < 1.29 is 9.72 Å². The van der Waals surface area contributed by atoms with Gasteiger partial charge in [0.15, 0.2) is 0 Å². The average Bonchev–Trinajstić information content (AvgIpc) is 2.37. The van der Waals surface area contributed by atoms with E-state index in [1.54, 1.807) is 0 Å². The number of hydrogen-bond acceptors (Lipinski definition) is 3. The third kappa shape index (κ3) is 5.71. The van der Waals surface area contributed by atoms with Gasteiger partial charge in [0.05, 0.1) is 4.92 Å². The van der Waals surface area contributed by atoms with E-state index in [1.807, 2.05) is 6.92 Å². The summed E-state index contributed by atoms with van der Waals surface area (Å²) < 4.78 is 0. The van der Waals surface area contributed by atoms with Crippen LogP contribution in [0.3, 0.4) is 0 Å². The van der Waals surface area contributed by atoms with Crippen LogP contribution < -0.4 is 5.32 Å². The fourth-order valence-corrected chi connectivity index (χ4v) is 2.23. The minimum atomic E-state index is -0.575. The number of carbonyl (C=O) groups excluding carboxylic acids is 1. The molecule has 1 unspecified atom stereocenters. The SMILES string of the molecule is CC(C)CCCC(C)NC(=O)c1cc(Cl)ccc1[N+](=O)[O-]. The van der Waals surface area contributed by atoms with Crippen molar-refractivity contribution in [2.75, 3.05) is 0 Å². The second kappa shape index (κ2) is 7.98. The summed E-state index contributed by atoms with van der Waals surface area (Å²) >= 11 is 5.82. The third-order valence-electron chi connectivity index (χ3n) is 3.20. The largest absolute Gasteiger partial charge is 0.349 e. The van der Waals surface area contributed by atoms with Gasteiger partial charge >= 0.3 is 0 Å². The minimum absolute atomic E-state index is 0.00297. The molecule has 0 heterocycles. The van der Waals surface area contributed by atoms with Crippen LogP contribution in [0.2, 0.25) is 5.02 Å². The van der Waals surface area contributed by atoms with Crippen LogP contribution in [0.1, 0.15) is 50.4 Å². The molecule has 1 atom stereocenters. The van der Waals surface area contributed by atoms with Crippen molar-refractivity contribution in [3.63, 3.8) is 0 Å². The maximum atomic E-state index is 12.2. The van der Waals surface area contributed by atoms with Gasteiger partial charge in [0.1, 0.15) is 5.56 Å². The summed E-state index contributed by atoms with van der Waals surface area (Å²) in [6.07, 6.45) is 2.95. The van der Waals surface area contributed by atoms with Crippen molar-refractivity contribution in [1.82, 2.24) is 5.32 Å². The Kier molecular flexibility index (Phi) is 6.62. The van der Waals surface area contributed by atoms with Gasteiger partial charge in [-0.15, -0.1) is 0 Å². The smallest absolute Gasteiger partial charge is 0.282 e. The number of hydrogen-bond donors (Lipinski definition) is 1. The number of nitrogens with zero attached hydrogens (tertiary/aromatic N) is 1. The molecule has 116 valence electrons. The Bertz CT molecular complexity index is 518. The molecule has 1 rings (SSSR count). The quantitative estimate of drug-likeness (QED) is 0.606. The summed E-state index contributed by atoms with van der Waals surface area (Å²) in [5.74, 6) is 0.170. The number of nitrogens with one attached hydrogen (secondary N) is 1. The molecule has 0 fully saturated rings. The monoisotopic (exact) mass is 312 g/mol. The Balaban J connectivity index is 2.71. The van der Waals surface area contributed by atoms with Crippen LogP contribution in [0.25, 0.3) is 0 Å². The van der Waals surface area contributed by atoms with E-state index in [9.17, 15) is 14.9 Å². The lowest BCUT2D eigenvalue weighted by Crippen LogP contribution is -2.33. The van der Waals surface area contributed by atoms with E-state index in [0.717, 1.165) is 19.3 Å². The van der Waals surface area contributed by atoms with Gasteiger partial charge in [0, 0.05) is 17.1 Å². The molecule has 0 aliphatic rings. The van der Waals surface area contributed by atoms with Crippen LogP contribution in [-0.2, 0) is 0 Å². The molecule has 5 nitrogen and oxygen atoms in total. The topological polar surface area (TPSA) is 72.2 Å². The molecule has 0 spiro atoms. The normalized spacial score (nSPS) is 12.2. The maximum Gasteiger partial charge on any atom is 0.282 e. The zero-order valence-corrected chi connectivity index (χ0v) is 13.3. The van der Waals surface area contributed by atoms with Gasteiger partial charge in [0.2, 0.25) is 0 Å². The second-order valence-corrected chi connectivity index (χ2v) is 6.05. The molecule has 0 saturated heterocycles. The Morgan fingerprint density at radius 2 is 2.00 bits per heavy atom. The lowest BCUT2D eigenvalue weighted by atomic mass is 10.0. The summed E-state index contributed by atoms with van der Waals surface area (Å²) in [7, 11) is 0. The van der Waals surface area contributed by atoms with E-state index in [1.165, 1.54) is 18.2 Å². The molecule has 0 saturated carbocycles. The van der Waals surface area contributed by atoms with E-state index in [0.29, 0.717) is 10.9 Å². The molecule has 1 aromatic carbocycles. The Hall–Kier alpha value is -1.62. The first-order valence-corrected chi connectivity index (χ1v) is 7.44. The molecule has 21 heavy (non-hydrogen) atoms. The zero-order valence-electron chi connectivity index (χ0n) is 12.6. The first-order chi connectivity index (χ1) is 9.81. The Morgan fingerprint density at radius 1 is 1.33 bits per heavy atom. The van der Waals surface area contributed by atoms with Gasteiger partial charge in [-0.3, -0.25) is 14.9 Å². The third-order valence-corrected chi connectivity index (χ3v) is 3.43. The molecule has 0 aliphatic carbocycles. The zero-order chi connectivity index (χ0) is 16.0. The molecule has 1 N–H and O–H groups in total. The number of nitro groups is 1. The predicted molar refractivity (Wildman–Crippen MR) is 83.7 cm³/mol.